The van der Waals surface area contributed by atoms with Gasteiger partial charge in [0, 0.05) is 13.6 Å². The molecule has 10 heteroatoms. The van der Waals surface area contributed by atoms with Crippen LogP contribution in [0, 0.1) is 0 Å². The van der Waals surface area contributed by atoms with Crippen molar-refractivity contribution in [3.05, 3.63) is 23.8 Å². The predicted octanol–water partition coefficient (Wildman–Crippen LogP) is -0.189. The Hall–Kier alpha value is -2.85. The van der Waals surface area contributed by atoms with Gasteiger partial charge in [0.25, 0.3) is 5.91 Å². The average molecular weight is 386 g/mol. The number of fused-ring (bicyclic) bond motifs is 1. The zero-order chi connectivity index (χ0) is 19.9. The van der Waals surface area contributed by atoms with Gasteiger partial charge in [-0.2, -0.15) is 0 Å². The van der Waals surface area contributed by atoms with Crippen LogP contribution >= 0.6 is 0 Å². The highest BCUT2D eigenvalue weighted by Gasteiger charge is 2.27. The summed E-state index contributed by atoms with van der Waals surface area (Å²) in [5.41, 5.74) is 0.569. The first kappa shape index (κ1) is 24.1. The van der Waals surface area contributed by atoms with Gasteiger partial charge in [0.05, 0.1) is 19.2 Å². The Morgan fingerprint density at radius 1 is 1.30 bits per heavy atom. The molecule has 0 aliphatic carbocycles. The summed E-state index contributed by atoms with van der Waals surface area (Å²) in [6.07, 6.45) is 0.900. The molecule has 0 bridgehead atoms. The van der Waals surface area contributed by atoms with Gasteiger partial charge >= 0.3 is 11.9 Å². The summed E-state index contributed by atoms with van der Waals surface area (Å²) in [6, 6.07) is 5.37. The summed E-state index contributed by atoms with van der Waals surface area (Å²) in [6.45, 7) is 1.53. The van der Waals surface area contributed by atoms with Crippen LogP contribution in [0.2, 0.25) is 0 Å². The van der Waals surface area contributed by atoms with E-state index in [2.05, 4.69) is 4.90 Å². The SMILES string of the molecule is COc1ccc2c(c1)C(=O)N(C)CC(CCN(C)C)O2.O.O=C(O)C(=O)O. The summed E-state index contributed by atoms with van der Waals surface area (Å²) < 4.78 is 11.2. The topological polar surface area (TPSA) is 148 Å². The van der Waals surface area contributed by atoms with Gasteiger partial charge in [-0.25, -0.2) is 9.59 Å². The van der Waals surface area contributed by atoms with Crippen LogP contribution < -0.4 is 9.47 Å². The van der Waals surface area contributed by atoms with Crippen molar-refractivity contribution in [1.29, 1.82) is 0 Å². The number of ether oxygens (including phenoxy) is 2. The molecule has 1 aromatic rings. The van der Waals surface area contributed by atoms with E-state index in [4.69, 9.17) is 29.3 Å². The first-order valence-electron chi connectivity index (χ1n) is 7.86. The van der Waals surface area contributed by atoms with Crippen molar-refractivity contribution in [2.24, 2.45) is 0 Å². The van der Waals surface area contributed by atoms with E-state index in [0.29, 0.717) is 23.6 Å². The van der Waals surface area contributed by atoms with E-state index in [1.165, 1.54) is 0 Å². The van der Waals surface area contributed by atoms with Gasteiger partial charge in [-0.15, -0.1) is 0 Å². The number of methoxy groups -OCH3 is 1. The molecule has 0 saturated heterocycles. The molecule has 10 nitrogen and oxygen atoms in total. The number of carbonyl (C=O) groups excluding carboxylic acids is 1. The molecule has 1 aromatic carbocycles. The minimum Gasteiger partial charge on any atom is -0.497 e. The summed E-state index contributed by atoms with van der Waals surface area (Å²) in [5.74, 6) is -2.36. The third-order valence-corrected chi connectivity index (χ3v) is 3.62. The zero-order valence-electron chi connectivity index (χ0n) is 15.8. The maximum atomic E-state index is 12.4. The molecule has 0 saturated carbocycles. The Kier molecular flexibility index (Phi) is 9.83. The van der Waals surface area contributed by atoms with Gasteiger partial charge < -0.3 is 35.0 Å². The fourth-order valence-electron chi connectivity index (χ4n) is 2.27. The van der Waals surface area contributed by atoms with Crippen LogP contribution in [0.25, 0.3) is 0 Å². The lowest BCUT2D eigenvalue weighted by atomic mass is 10.1. The second-order valence-corrected chi connectivity index (χ2v) is 5.99. The molecule has 1 unspecified atom stereocenters. The average Bonchev–Trinajstić information content (AvgIpc) is 2.70. The summed E-state index contributed by atoms with van der Waals surface area (Å²) in [4.78, 5) is 34.4. The molecule has 4 N–H and O–H groups in total. The van der Waals surface area contributed by atoms with Crippen LogP contribution in [0.5, 0.6) is 11.5 Å². The fourth-order valence-corrected chi connectivity index (χ4v) is 2.27. The van der Waals surface area contributed by atoms with Crippen molar-refractivity contribution in [2.45, 2.75) is 12.5 Å². The molecule has 1 atom stereocenters. The maximum Gasteiger partial charge on any atom is 0.414 e. The number of rotatable bonds is 4. The van der Waals surface area contributed by atoms with Crippen molar-refractivity contribution >= 4 is 17.8 Å². The van der Waals surface area contributed by atoms with E-state index in [9.17, 15) is 4.79 Å². The van der Waals surface area contributed by atoms with Crippen molar-refractivity contribution in [3.8, 4) is 11.5 Å². The molecule has 0 radical (unpaired) electrons. The van der Waals surface area contributed by atoms with Crippen molar-refractivity contribution in [1.82, 2.24) is 9.80 Å². The minimum atomic E-state index is -1.82. The summed E-state index contributed by atoms with van der Waals surface area (Å²) in [7, 11) is 7.46. The molecule has 1 amide bonds. The molecule has 27 heavy (non-hydrogen) atoms. The standard InChI is InChI=1S/C15H22N2O3.C2H2O4.H2O/c1-16(2)8-7-12-10-17(3)15(18)13-9-11(19-4)5-6-14(13)20-12;3-1(4)2(5)6;/h5-6,9,12H,7-8,10H2,1-4H3;(H,3,4)(H,5,6);1H2. The van der Waals surface area contributed by atoms with E-state index in [0.717, 1.165) is 13.0 Å². The first-order chi connectivity index (χ1) is 12.1. The van der Waals surface area contributed by atoms with Gasteiger partial charge in [-0.1, -0.05) is 0 Å². The van der Waals surface area contributed by atoms with Crippen molar-refractivity contribution in [2.75, 3.05) is 41.3 Å². The van der Waals surface area contributed by atoms with E-state index in [-0.39, 0.29) is 17.5 Å². The molecule has 1 aliphatic rings. The smallest absolute Gasteiger partial charge is 0.414 e. The second kappa shape index (κ2) is 11.0. The highest BCUT2D eigenvalue weighted by atomic mass is 16.5. The number of carboxylic acids is 2. The Bertz CT molecular complexity index is 650. The molecule has 152 valence electrons. The largest absolute Gasteiger partial charge is 0.497 e. The highest BCUT2D eigenvalue weighted by molar-refractivity contribution is 6.27. The van der Waals surface area contributed by atoms with Gasteiger partial charge in [0.2, 0.25) is 0 Å². The predicted molar refractivity (Wildman–Crippen MR) is 96.4 cm³/mol. The van der Waals surface area contributed by atoms with E-state index >= 15 is 0 Å². The van der Waals surface area contributed by atoms with E-state index < -0.39 is 11.9 Å². The second-order valence-electron chi connectivity index (χ2n) is 5.99. The monoisotopic (exact) mass is 386 g/mol. The van der Waals surface area contributed by atoms with Gasteiger partial charge in [-0.05, 0) is 38.7 Å². The number of benzene rings is 1. The third-order valence-electron chi connectivity index (χ3n) is 3.62. The number of carbonyl (C=O) groups is 3. The molecule has 0 fully saturated rings. The molecule has 0 spiro atoms. The summed E-state index contributed by atoms with van der Waals surface area (Å²) in [5, 5.41) is 14.8. The molecular formula is C17H26N2O8. The van der Waals surface area contributed by atoms with Crippen LogP contribution in [0.1, 0.15) is 16.8 Å². The lowest BCUT2D eigenvalue weighted by Gasteiger charge is -2.22. The lowest BCUT2D eigenvalue weighted by Crippen LogP contribution is -2.35. The number of amides is 1. The van der Waals surface area contributed by atoms with E-state index in [1.54, 1.807) is 18.1 Å². The van der Waals surface area contributed by atoms with Crippen molar-refractivity contribution in [3.63, 3.8) is 0 Å². The Morgan fingerprint density at radius 2 is 1.89 bits per heavy atom. The first-order valence-corrected chi connectivity index (χ1v) is 7.86. The lowest BCUT2D eigenvalue weighted by molar-refractivity contribution is -0.159. The zero-order valence-corrected chi connectivity index (χ0v) is 15.8. The molecule has 0 aromatic heterocycles. The number of hydrogen-bond acceptors (Lipinski definition) is 6. The number of hydrogen-bond donors (Lipinski definition) is 2. The Morgan fingerprint density at radius 3 is 2.37 bits per heavy atom. The van der Waals surface area contributed by atoms with Gasteiger partial charge in [0.15, 0.2) is 0 Å². The van der Waals surface area contributed by atoms with Crippen LogP contribution in [0.15, 0.2) is 18.2 Å². The Labute approximate surface area is 157 Å². The minimum absolute atomic E-state index is 0. The van der Waals surface area contributed by atoms with Crippen molar-refractivity contribution < 1.29 is 39.5 Å². The molecule has 2 rings (SSSR count). The number of likely N-dealkylation sites (N-methyl/N-ethyl adjacent to an activating group) is 1. The molecular weight excluding hydrogens is 360 g/mol. The van der Waals surface area contributed by atoms with E-state index in [1.807, 2.05) is 33.3 Å². The van der Waals surface area contributed by atoms with Crippen LogP contribution in [0.4, 0.5) is 0 Å². The van der Waals surface area contributed by atoms with Gasteiger partial charge in [0.1, 0.15) is 17.6 Å². The maximum absolute atomic E-state index is 12.4. The van der Waals surface area contributed by atoms with Crippen LogP contribution in [0.3, 0.4) is 0 Å². The molecule has 1 aliphatic heterocycles. The van der Waals surface area contributed by atoms with Gasteiger partial charge in [-0.3, -0.25) is 4.79 Å². The number of aliphatic carboxylic acids is 2. The van der Waals surface area contributed by atoms with Crippen LogP contribution in [-0.2, 0) is 9.59 Å². The van der Waals surface area contributed by atoms with Crippen LogP contribution in [-0.4, -0.2) is 90.8 Å². The Balaban J connectivity index is 0.000000842. The number of nitrogens with zero attached hydrogens (tertiary/aromatic N) is 2. The molecule has 1 heterocycles. The number of carboxylic acid groups (broad SMARTS) is 2. The third kappa shape index (κ3) is 7.50. The highest BCUT2D eigenvalue weighted by Crippen LogP contribution is 2.29. The fraction of sp³-hybridized carbons (Fsp3) is 0.471. The quantitative estimate of drug-likeness (QED) is 0.677. The summed E-state index contributed by atoms with van der Waals surface area (Å²) >= 11 is 0. The normalized spacial score (nSPS) is 15.4.